The van der Waals surface area contributed by atoms with E-state index in [0.717, 1.165) is 41.9 Å². The Labute approximate surface area is 125 Å². The second kappa shape index (κ2) is 5.70. The molecule has 0 spiro atoms. The van der Waals surface area contributed by atoms with Crippen molar-refractivity contribution in [2.45, 2.75) is 26.8 Å². The van der Waals surface area contributed by atoms with Crippen molar-refractivity contribution in [2.75, 3.05) is 11.9 Å². The fourth-order valence-electron chi connectivity index (χ4n) is 2.80. The summed E-state index contributed by atoms with van der Waals surface area (Å²) in [5.74, 6) is -0.0238. The van der Waals surface area contributed by atoms with E-state index in [2.05, 4.69) is 29.7 Å². The Kier molecular flexibility index (Phi) is 3.76. The van der Waals surface area contributed by atoms with E-state index in [9.17, 15) is 4.79 Å². The van der Waals surface area contributed by atoms with Gasteiger partial charge < -0.3 is 10.6 Å². The number of hydrogen-bond donors (Lipinski definition) is 2. The normalized spacial score (nSPS) is 13.6. The van der Waals surface area contributed by atoms with Crippen LogP contribution in [0, 0.1) is 13.8 Å². The van der Waals surface area contributed by atoms with E-state index < -0.39 is 0 Å². The van der Waals surface area contributed by atoms with Gasteiger partial charge in [0.2, 0.25) is 0 Å². The predicted octanol–water partition coefficient (Wildman–Crippen LogP) is 3.20. The van der Waals surface area contributed by atoms with Gasteiger partial charge >= 0.3 is 0 Å². The molecule has 108 valence electrons. The van der Waals surface area contributed by atoms with Crippen LogP contribution in [-0.4, -0.2) is 12.5 Å². The topological polar surface area (TPSA) is 41.1 Å². The van der Waals surface area contributed by atoms with E-state index in [1.807, 2.05) is 31.2 Å². The van der Waals surface area contributed by atoms with Crippen LogP contribution in [0.4, 0.5) is 5.69 Å². The third-order valence-electron chi connectivity index (χ3n) is 4.24. The van der Waals surface area contributed by atoms with Gasteiger partial charge in [0.1, 0.15) is 0 Å². The van der Waals surface area contributed by atoms with Gasteiger partial charge in [-0.05, 0) is 61.2 Å². The van der Waals surface area contributed by atoms with Crippen LogP contribution in [0.1, 0.15) is 32.6 Å². The maximum Gasteiger partial charge on any atom is 0.256 e. The van der Waals surface area contributed by atoms with Crippen LogP contribution in [0.25, 0.3) is 0 Å². The molecule has 1 heterocycles. The summed E-state index contributed by atoms with van der Waals surface area (Å²) in [4.78, 5) is 12.6. The van der Waals surface area contributed by atoms with Gasteiger partial charge in [0.15, 0.2) is 0 Å². The number of amides is 1. The molecule has 2 aromatic rings. The van der Waals surface area contributed by atoms with Gasteiger partial charge in [-0.2, -0.15) is 0 Å². The average Bonchev–Trinajstić information content (AvgIpc) is 2.51. The van der Waals surface area contributed by atoms with Crippen molar-refractivity contribution in [1.82, 2.24) is 5.32 Å². The van der Waals surface area contributed by atoms with Gasteiger partial charge in [-0.1, -0.05) is 24.3 Å². The van der Waals surface area contributed by atoms with E-state index in [4.69, 9.17) is 0 Å². The smallest absolute Gasteiger partial charge is 0.256 e. The lowest BCUT2D eigenvalue weighted by Crippen LogP contribution is -2.27. The van der Waals surface area contributed by atoms with Crippen molar-refractivity contribution in [2.24, 2.45) is 0 Å². The van der Waals surface area contributed by atoms with E-state index in [1.54, 1.807) is 0 Å². The first-order valence-corrected chi connectivity index (χ1v) is 7.36. The predicted molar refractivity (Wildman–Crippen MR) is 85.7 cm³/mol. The number of aryl methyl sites for hydroxylation is 1. The summed E-state index contributed by atoms with van der Waals surface area (Å²) >= 11 is 0. The van der Waals surface area contributed by atoms with Crippen LogP contribution in [0.15, 0.2) is 36.4 Å². The minimum Gasteiger partial charge on any atom is -0.322 e. The minimum absolute atomic E-state index is 0.0238. The molecule has 3 nitrogen and oxygen atoms in total. The summed E-state index contributed by atoms with van der Waals surface area (Å²) in [6.45, 7) is 5.84. The molecule has 1 amide bonds. The van der Waals surface area contributed by atoms with Gasteiger partial charge in [-0.25, -0.2) is 0 Å². The number of hydrogen-bond acceptors (Lipinski definition) is 2. The number of fused-ring (bicyclic) bond motifs is 1. The van der Waals surface area contributed by atoms with E-state index >= 15 is 0 Å². The summed E-state index contributed by atoms with van der Waals surface area (Å²) in [6.07, 6.45) is 0.986. The molecule has 0 saturated heterocycles. The summed E-state index contributed by atoms with van der Waals surface area (Å²) in [5.41, 5.74) is 6.38. The van der Waals surface area contributed by atoms with Gasteiger partial charge in [0, 0.05) is 17.8 Å². The summed E-state index contributed by atoms with van der Waals surface area (Å²) in [6, 6.07) is 12.0. The average molecular weight is 280 g/mol. The van der Waals surface area contributed by atoms with Crippen molar-refractivity contribution >= 4 is 11.6 Å². The van der Waals surface area contributed by atoms with Crippen LogP contribution in [-0.2, 0) is 13.0 Å². The second-order valence-corrected chi connectivity index (χ2v) is 5.57. The molecule has 3 heteroatoms. The standard InChI is InChI=1S/C18H20N2O/c1-12-5-3-8-17(13(12)2)20-18(21)15-7-4-6-14-9-10-19-11-16(14)15/h3-8,19H,9-11H2,1-2H3,(H,20,21). The number of carbonyl (C=O) groups excluding carboxylic acids is 1. The zero-order valence-corrected chi connectivity index (χ0v) is 12.5. The maximum atomic E-state index is 12.6. The van der Waals surface area contributed by atoms with E-state index in [0.29, 0.717) is 0 Å². The summed E-state index contributed by atoms with van der Waals surface area (Å²) < 4.78 is 0. The Bertz CT molecular complexity index is 692. The number of carbonyl (C=O) groups is 1. The Balaban J connectivity index is 1.91. The molecule has 0 saturated carbocycles. The Morgan fingerprint density at radius 2 is 1.95 bits per heavy atom. The van der Waals surface area contributed by atoms with Crippen molar-refractivity contribution in [3.63, 3.8) is 0 Å². The lowest BCUT2D eigenvalue weighted by molar-refractivity contribution is 0.102. The third-order valence-corrected chi connectivity index (χ3v) is 4.24. The fraction of sp³-hybridized carbons (Fsp3) is 0.278. The van der Waals surface area contributed by atoms with E-state index in [1.165, 1.54) is 11.1 Å². The van der Waals surface area contributed by atoms with Gasteiger partial charge in [0.05, 0.1) is 0 Å². The molecule has 1 aliphatic rings. The molecule has 2 aromatic carbocycles. The molecule has 0 aromatic heterocycles. The molecule has 3 rings (SSSR count). The molecule has 0 atom stereocenters. The number of nitrogens with one attached hydrogen (secondary N) is 2. The Morgan fingerprint density at radius 3 is 2.81 bits per heavy atom. The second-order valence-electron chi connectivity index (χ2n) is 5.57. The molecule has 0 unspecified atom stereocenters. The highest BCUT2D eigenvalue weighted by atomic mass is 16.1. The molecule has 2 N–H and O–H groups in total. The van der Waals surface area contributed by atoms with Crippen LogP contribution < -0.4 is 10.6 Å². The molecular formula is C18H20N2O. The van der Waals surface area contributed by atoms with Crippen molar-refractivity contribution in [3.8, 4) is 0 Å². The van der Waals surface area contributed by atoms with Crippen molar-refractivity contribution in [3.05, 3.63) is 64.2 Å². The van der Waals surface area contributed by atoms with Gasteiger partial charge in [-0.15, -0.1) is 0 Å². The maximum absolute atomic E-state index is 12.6. The highest BCUT2D eigenvalue weighted by Gasteiger charge is 2.17. The van der Waals surface area contributed by atoms with E-state index in [-0.39, 0.29) is 5.91 Å². The lowest BCUT2D eigenvalue weighted by atomic mass is 9.95. The third kappa shape index (κ3) is 2.69. The van der Waals surface area contributed by atoms with Crippen molar-refractivity contribution in [1.29, 1.82) is 0 Å². The monoisotopic (exact) mass is 280 g/mol. The first kappa shape index (κ1) is 13.8. The van der Waals surface area contributed by atoms with Crippen molar-refractivity contribution < 1.29 is 4.79 Å². The van der Waals surface area contributed by atoms with Crippen LogP contribution in [0.3, 0.4) is 0 Å². The van der Waals surface area contributed by atoms with Gasteiger partial charge in [0.25, 0.3) is 5.91 Å². The number of benzene rings is 2. The SMILES string of the molecule is Cc1cccc(NC(=O)c2cccc3c2CNCC3)c1C. The molecule has 21 heavy (non-hydrogen) atoms. The first-order chi connectivity index (χ1) is 10.2. The zero-order valence-electron chi connectivity index (χ0n) is 12.5. The van der Waals surface area contributed by atoms with Crippen LogP contribution in [0.5, 0.6) is 0 Å². The molecule has 1 aliphatic heterocycles. The molecule has 0 radical (unpaired) electrons. The van der Waals surface area contributed by atoms with Crippen LogP contribution >= 0.6 is 0 Å². The summed E-state index contributed by atoms with van der Waals surface area (Å²) in [5, 5.41) is 6.39. The quantitative estimate of drug-likeness (QED) is 0.887. The fourth-order valence-corrected chi connectivity index (χ4v) is 2.80. The molecular weight excluding hydrogens is 260 g/mol. The summed E-state index contributed by atoms with van der Waals surface area (Å²) in [7, 11) is 0. The van der Waals surface area contributed by atoms with Crippen LogP contribution in [0.2, 0.25) is 0 Å². The Morgan fingerprint density at radius 1 is 1.14 bits per heavy atom. The first-order valence-electron chi connectivity index (χ1n) is 7.36. The lowest BCUT2D eigenvalue weighted by Gasteiger charge is -2.20. The highest BCUT2D eigenvalue weighted by Crippen LogP contribution is 2.22. The molecule has 0 fully saturated rings. The molecule has 0 aliphatic carbocycles. The highest BCUT2D eigenvalue weighted by molar-refractivity contribution is 6.06. The zero-order chi connectivity index (χ0) is 14.8. The minimum atomic E-state index is -0.0238. The molecule has 0 bridgehead atoms. The number of anilines is 1. The van der Waals surface area contributed by atoms with Gasteiger partial charge in [-0.3, -0.25) is 4.79 Å². The Hall–Kier alpha value is -2.13. The number of rotatable bonds is 2. The largest absolute Gasteiger partial charge is 0.322 e.